The first kappa shape index (κ1) is 20.6. The van der Waals surface area contributed by atoms with Gasteiger partial charge in [-0.05, 0) is 31.0 Å². The Kier molecular flexibility index (Phi) is 4.93. The highest BCUT2D eigenvalue weighted by molar-refractivity contribution is 6.02. The zero-order valence-corrected chi connectivity index (χ0v) is 18.2. The van der Waals surface area contributed by atoms with E-state index in [-0.39, 0.29) is 11.8 Å². The number of carbonyl (C=O) groups is 2. The van der Waals surface area contributed by atoms with Gasteiger partial charge in [0.1, 0.15) is 11.4 Å². The Bertz CT molecular complexity index is 1100. The van der Waals surface area contributed by atoms with Crippen LogP contribution in [0.25, 0.3) is 0 Å². The van der Waals surface area contributed by atoms with Gasteiger partial charge in [-0.1, -0.05) is 23.4 Å². The molecule has 0 radical (unpaired) electrons. The smallest absolute Gasteiger partial charge is 0.235 e. The van der Waals surface area contributed by atoms with Crippen molar-refractivity contribution in [3.8, 4) is 11.5 Å². The quantitative estimate of drug-likeness (QED) is 0.655. The van der Waals surface area contributed by atoms with Crippen LogP contribution >= 0.6 is 0 Å². The van der Waals surface area contributed by atoms with Gasteiger partial charge in [0.05, 0.1) is 38.7 Å². The number of nitrogens with zero attached hydrogens (tertiary/aromatic N) is 2. The van der Waals surface area contributed by atoms with Gasteiger partial charge in [-0.25, -0.2) is 0 Å². The Morgan fingerprint density at radius 3 is 2.81 bits per heavy atom. The Morgan fingerprint density at radius 1 is 1.28 bits per heavy atom. The van der Waals surface area contributed by atoms with E-state index in [0.29, 0.717) is 42.6 Å². The topological polar surface area (TPSA) is 103 Å². The molecule has 0 aliphatic carbocycles. The summed E-state index contributed by atoms with van der Waals surface area (Å²) in [6.45, 7) is 2.53. The van der Waals surface area contributed by atoms with Crippen LogP contribution in [0, 0.1) is 18.8 Å². The van der Waals surface area contributed by atoms with Gasteiger partial charge >= 0.3 is 0 Å². The number of anilines is 1. The predicted octanol–water partition coefficient (Wildman–Crippen LogP) is 1.65. The van der Waals surface area contributed by atoms with Crippen molar-refractivity contribution < 1.29 is 28.3 Å². The van der Waals surface area contributed by atoms with Crippen LogP contribution in [-0.2, 0) is 20.7 Å². The maximum Gasteiger partial charge on any atom is 0.235 e. The Morgan fingerprint density at radius 2 is 2.09 bits per heavy atom. The van der Waals surface area contributed by atoms with Crippen LogP contribution in [-0.4, -0.2) is 56.0 Å². The SMILES string of the molecule is COc1ccc(CCNC(=O)C2C3C(=O)N(c4cc(C)on4)C[C@@]34C=C[C@H]2O4)cc1OC. The fraction of sp³-hybridized carbons (Fsp3) is 0.435. The molecule has 2 bridgehead atoms. The van der Waals surface area contributed by atoms with Gasteiger partial charge in [0.2, 0.25) is 11.8 Å². The third-order valence-electron chi connectivity index (χ3n) is 6.46. The fourth-order valence-corrected chi connectivity index (χ4v) is 4.96. The third kappa shape index (κ3) is 3.15. The average Bonchev–Trinajstić information content (AvgIpc) is 3.54. The van der Waals surface area contributed by atoms with Gasteiger partial charge in [-0.15, -0.1) is 0 Å². The summed E-state index contributed by atoms with van der Waals surface area (Å²) in [6, 6.07) is 7.38. The minimum atomic E-state index is -0.792. The molecule has 2 aromatic rings. The van der Waals surface area contributed by atoms with Gasteiger partial charge in [0, 0.05) is 12.6 Å². The van der Waals surface area contributed by atoms with E-state index in [1.165, 1.54) is 0 Å². The highest BCUT2D eigenvalue weighted by Gasteiger charge is 2.67. The molecule has 9 nitrogen and oxygen atoms in total. The van der Waals surface area contributed by atoms with Crippen molar-refractivity contribution in [3.63, 3.8) is 0 Å². The number of carbonyl (C=O) groups excluding carboxylic acids is 2. The van der Waals surface area contributed by atoms with Crippen molar-refractivity contribution in [1.29, 1.82) is 0 Å². The fourth-order valence-electron chi connectivity index (χ4n) is 4.96. The normalized spacial score (nSPS) is 27.7. The summed E-state index contributed by atoms with van der Waals surface area (Å²) in [4.78, 5) is 27.9. The largest absolute Gasteiger partial charge is 0.493 e. The zero-order valence-electron chi connectivity index (χ0n) is 18.2. The van der Waals surface area contributed by atoms with Crippen molar-refractivity contribution in [2.75, 3.05) is 32.2 Å². The monoisotopic (exact) mass is 439 g/mol. The molecule has 32 heavy (non-hydrogen) atoms. The van der Waals surface area contributed by atoms with Gasteiger partial charge < -0.3 is 24.1 Å². The van der Waals surface area contributed by atoms with E-state index in [4.69, 9.17) is 18.7 Å². The predicted molar refractivity (Wildman–Crippen MR) is 114 cm³/mol. The lowest BCUT2D eigenvalue weighted by Gasteiger charge is -2.23. The number of rotatable bonds is 7. The third-order valence-corrected chi connectivity index (χ3v) is 6.46. The molecule has 2 fully saturated rings. The van der Waals surface area contributed by atoms with Crippen LogP contribution in [0.5, 0.6) is 11.5 Å². The van der Waals surface area contributed by atoms with E-state index in [2.05, 4.69) is 10.5 Å². The van der Waals surface area contributed by atoms with E-state index in [9.17, 15) is 9.59 Å². The second-order valence-electron chi connectivity index (χ2n) is 8.35. The van der Waals surface area contributed by atoms with E-state index in [1.807, 2.05) is 30.4 Å². The number of methoxy groups -OCH3 is 2. The summed E-state index contributed by atoms with van der Waals surface area (Å²) in [5.74, 6) is 0.875. The van der Waals surface area contributed by atoms with Crippen molar-refractivity contribution in [3.05, 3.63) is 47.7 Å². The van der Waals surface area contributed by atoms with Gasteiger partial charge in [-0.3, -0.25) is 14.5 Å². The minimum Gasteiger partial charge on any atom is -0.493 e. The Hall–Kier alpha value is -3.33. The molecule has 1 aromatic heterocycles. The number of nitrogens with one attached hydrogen (secondary N) is 1. The Labute approximate surface area is 185 Å². The van der Waals surface area contributed by atoms with Crippen LogP contribution < -0.4 is 19.7 Å². The molecule has 4 heterocycles. The summed E-state index contributed by atoms with van der Waals surface area (Å²) in [7, 11) is 3.18. The van der Waals surface area contributed by atoms with Gasteiger partial charge in [-0.2, -0.15) is 0 Å². The first-order valence-electron chi connectivity index (χ1n) is 10.6. The highest BCUT2D eigenvalue weighted by Crippen LogP contribution is 2.52. The molecule has 1 spiro atoms. The van der Waals surface area contributed by atoms with Crippen molar-refractivity contribution in [1.82, 2.24) is 10.5 Å². The van der Waals surface area contributed by atoms with Crippen LogP contribution in [0.2, 0.25) is 0 Å². The lowest BCUT2D eigenvalue weighted by Crippen LogP contribution is -2.44. The molecular weight excluding hydrogens is 414 g/mol. The summed E-state index contributed by atoms with van der Waals surface area (Å²) in [6.07, 6.45) is 4.03. The molecule has 4 atom stereocenters. The lowest BCUT2D eigenvalue weighted by molar-refractivity contribution is -0.131. The van der Waals surface area contributed by atoms with Crippen LogP contribution in [0.15, 0.2) is 40.9 Å². The number of fused-ring (bicyclic) bond motifs is 1. The molecule has 1 N–H and O–H groups in total. The molecule has 0 saturated carbocycles. The second-order valence-corrected chi connectivity index (χ2v) is 8.35. The molecule has 9 heteroatoms. The molecule has 5 rings (SSSR count). The first-order chi connectivity index (χ1) is 15.5. The van der Waals surface area contributed by atoms with Crippen LogP contribution in [0.3, 0.4) is 0 Å². The number of ether oxygens (including phenoxy) is 3. The van der Waals surface area contributed by atoms with Crippen molar-refractivity contribution in [2.45, 2.75) is 25.0 Å². The molecule has 168 valence electrons. The van der Waals surface area contributed by atoms with Crippen molar-refractivity contribution in [2.24, 2.45) is 11.8 Å². The molecule has 2 saturated heterocycles. The number of hydrogen-bond acceptors (Lipinski definition) is 7. The maximum absolute atomic E-state index is 13.2. The molecule has 3 aliphatic heterocycles. The zero-order chi connectivity index (χ0) is 22.5. The minimum absolute atomic E-state index is 0.162. The first-order valence-corrected chi connectivity index (χ1v) is 10.6. The maximum atomic E-state index is 13.2. The summed E-state index contributed by atoms with van der Waals surface area (Å²) >= 11 is 0. The van der Waals surface area contributed by atoms with E-state index < -0.39 is 23.5 Å². The molecule has 3 aliphatic rings. The lowest BCUT2D eigenvalue weighted by atomic mass is 9.77. The molecule has 1 aromatic carbocycles. The van der Waals surface area contributed by atoms with E-state index in [1.54, 1.807) is 32.1 Å². The highest BCUT2D eigenvalue weighted by atomic mass is 16.5. The number of aromatic nitrogens is 1. The Balaban J connectivity index is 1.27. The van der Waals surface area contributed by atoms with E-state index >= 15 is 0 Å². The standard InChI is InChI=1S/C23H25N3O6/c1-13-10-18(25-32-13)26-12-23-8-6-16(31-23)19(20(23)22(26)28)21(27)24-9-7-14-4-5-15(29-2)17(11-14)30-3/h4-6,8,10-11,16,19-20H,7,9,12H2,1-3H3,(H,24,27)/t16-,19?,20?,23+/m1/s1. The van der Waals surface area contributed by atoms with E-state index in [0.717, 1.165) is 5.56 Å². The van der Waals surface area contributed by atoms with Crippen LogP contribution in [0.4, 0.5) is 5.82 Å². The number of hydrogen-bond donors (Lipinski definition) is 1. The van der Waals surface area contributed by atoms with Crippen molar-refractivity contribution >= 4 is 17.6 Å². The molecule has 2 unspecified atom stereocenters. The summed E-state index contributed by atoms with van der Waals surface area (Å²) in [5, 5.41) is 6.95. The number of benzene rings is 1. The average molecular weight is 439 g/mol. The van der Waals surface area contributed by atoms with Gasteiger partial charge in [0.15, 0.2) is 17.3 Å². The number of aryl methyl sites for hydroxylation is 1. The molecule has 2 amide bonds. The van der Waals surface area contributed by atoms with Crippen LogP contribution in [0.1, 0.15) is 11.3 Å². The second kappa shape index (κ2) is 7.67. The number of amides is 2. The summed E-state index contributed by atoms with van der Waals surface area (Å²) in [5.41, 5.74) is 0.216. The molecular formula is C23H25N3O6. The van der Waals surface area contributed by atoms with Gasteiger partial charge in [0.25, 0.3) is 0 Å². The summed E-state index contributed by atoms with van der Waals surface area (Å²) < 4.78 is 21.9.